The number of nitrogens with one attached hydrogen (secondary N) is 1. The molecule has 2 rings (SSSR count). The summed E-state index contributed by atoms with van der Waals surface area (Å²) in [5, 5.41) is 3.31. The summed E-state index contributed by atoms with van der Waals surface area (Å²) in [5.41, 5.74) is 0. The molecule has 2 unspecified atom stereocenters. The van der Waals surface area contributed by atoms with E-state index >= 15 is 0 Å². The number of rotatable bonds is 5. The van der Waals surface area contributed by atoms with Crippen LogP contribution in [0, 0.1) is 5.92 Å². The fraction of sp³-hybridized carbons (Fsp3) is 1.00. The quantitative estimate of drug-likeness (QED) is 0.843. The first-order valence-corrected chi connectivity index (χ1v) is 10.5. The SMILES string of the molecule is CC(C)N(CC1CCNCC1)C1CCCC(S(C)(=O)=O)C1. The lowest BCUT2D eigenvalue weighted by Crippen LogP contribution is -2.48. The van der Waals surface area contributed by atoms with E-state index in [-0.39, 0.29) is 5.25 Å². The molecule has 1 aliphatic carbocycles. The van der Waals surface area contributed by atoms with Crippen molar-refractivity contribution in [3.05, 3.63) is 0 Å². The van der Waals surface area contributed by atoms with Crippen molar-refractivity contribution in [2.45, 2.75) is 69.7 Å². The lowest BCUT2D eigenvalue weighted by atomic mass is 9.90. The van der Waals surface area contributed by atoms with E-state index in [9.17, 15) is 8.42 Å². The largest absolute Gasteiger partial charge is 0.317 e. The fourth-order valence-electron chi connectivity index (χ4n) is 3.95. The average molecular weight is 317 g/mol. The van der Waals surface area contributed by atoms with E-state index in [0.29, 0.717) is 12.1 Å². The molecule has 0 spiro atoms. The van der Waals surface area contributed by atoms with Gasteiger partial charge in [-0.3, -0.25) is 4.90 Å². The summed E-state index contributed by atoms with van der Waals surface area (Å²) in [6.45, 7) is 7.91. The van der Waals surface area contributed by atoms with Crippen molar-refractivity contribution in [1.82, 2.24) is 10.2 Å². The lowest BCUT2D eigenvalue weighted by Gasteiger charge is -2.41. The Hall–Kier alpha value is -0.130. The zero-order chi connectivity index (χ0) is 15.5. The molecule has 2 atom stereocenters. The molecule has 2 fully saturated rings. The highest BCUT2D eigenvalue weighted by Gasteiger charge is 2.33. The number of piperidine rings is 1. The lowest BCUT2D eigenvalue weighted by molar-refractivity contribution is 0.0926. The molecule has 0 amide bonds. The normalized spacial score (nSPS) is 29.2. The Kier molecular flexibility index (Phi) is 6.09. The molecule has 1 saturated carbocycles. The van der Waals surface area contributed by atoms with Crippen molar-refractivity contribution < 1.29 is 8.42 Å². The summed E-state index contributed by atoms with van der Waals surface area (Å²) in [7, 11) is -2.89. The van der Waals surface area contributed by atoms with Crippen LogP contribution in [-0.2, 0) is 9.84 Å². The molecule has 5 heteroatoms. The number of hydrogen-bond donors (Lipinski definition) is 1. The zero-order valence-corrected chi connectivity index (χ0v) is 14.7. The Morgan fingerprint density at radius 3 is 2.38 bits per heavy atom. The van der Waals surface area contributed by atoms with Crippen LogP contribution >= 0.6 is 0 Å². The third kappa shape index (κ3) is 4.93. The van der Waals surface area contributed by atoms with Gasteiger partial charge in [0.25, 0.3) is 0 Å². The molecule has 1 saturated heterocycles. The molecule has 124 valence electrons. The van der Waals surface area contributed by atoms with Gasteiger partial charge < -0.3 is 5.32 Å². The average Bonchev–Trinajstić information content (AvgIpc) is 2.45. The minimum absolute atomic E-state index is 0.120. The van der Waals surface area contributed by atoms with Crippen LogP contribution in [0.15, 0.2) is 0 Å². The summed E-state index contributed by atoms with van der Waals surface area (Å²) in [6, 6.07) is 0.955. The van der Waals surface area contributed by atoms with Gasteiger partial charge in [-0.1, -0.05) is 6.42 Å². The minimum atomic E-state index is -2.89. The van der Waals surface area contributed by atoms with Gasteiger partial charge in [0, 0.05) is 24.9 Å². The van der Waals surface area contributed by atoms with Crippen LogP contribution in [0.25, 0.3) is 0 Å². The van der Waals surface area contributed by atoms with Crippen molar-refractivity contribution in [3.8, 4) is 0 Å². The third-order valence-corrected chi connectivity index (χ3v) is 6.90. The first-order valence-electron chi connectivity index (χ1n) is 8.53. The molecule has 21 heavy (non-hydrogen) atoms. The van der Waals surface area contributed by atoms with Crippen LogP contribution in [0.4, 0.5) is 0 Å². The molecular formula is C16H32N2O2S. The summed E-state index contributed by atoms with van der Waals surface area (Å²) in [6.07, 6.45) is 7.83. The molecule has 1 N–H and O–H groups in total. The second-order valence-electron chi connectivity index (χ2n) is 7.26. The van der Waals surface area contributed by atoms with Gasteiger partial charge in [-0.05, 0) is 65.0 Å². The van der Waals surface area contributed by atoms with E-state index in [4.69, 9.17) is 0 Å². The molecule has 0 bridgehead atoms. The van der Waals surface area contributed by atoms with Gasteiger partial charge in [-0.2, -0.15) is 0 Å². The van der Waals surface area contributed by atoms with Crippen LogP contribution in [-0.4, -0.2) is 56.5 Å². The molecule has 1 heterocycles. The molecule has 1 aliphatic heterocycles. The first-order chi connectivity index (χ1) is 9.88. The van der Waals surface area contributed by atoms with Gasteiger partial charge in [0.05, 0.1) is 5.25 Å². The topological polar surface area (TPSA) is 49.4 Å². The van der Waals surface area contributed by atoms with Crippen LogP contribution in [0.5, 0.6) is 0 Å². The maximum atomic E-state index is 11.9. The molecule has 0 aromatic rings. The second-order valence-corrected chi connectivity index (χ2v) is 9.58. The standard InChI is InChI=1S/C16H32N2O2S/c1-13(2)18(12-14-7-9-17-10-8-14)15-5-4-6-16(11-15)21(3,19)20/h13-17H,4-12H2,1-3H3. The fourth-order valence-corrected chi connectivity index (χ4v) is 5.12. The van der Waals surface area contributed by atoms with Crippen LogP contribution < -0.4 is 5.32 Å². The number of hydrogen-bond acceptors (Lipinski definition) is 4. The van der Waals surface area contributed by atoms with E-state index in [1.807, 2.05) is 0 Å². The highest BCUT2D eigenvalue weighted by atomic mass is 32.2. The maximum absolute atomic E-state index is 11.9. The maximum Gasteiger partial charge on any atom is 0.150 e. The summed E-state index contributed by atoms with van der Waals surface area (Å²) in [4.78, 5) is 2.59. The van der Waals surface area contributed by atoms with Crippen LogP contribution in [0.1, 0.15) is 52.4 Å². The van der Waals surface area contributed by atoms with Gasteiger partial charge in [-0.15, -0.1) is 0 Å². The van der Waals surface area contributed by atoms with Crippen molar-refractivity contribution in [1.29, 1.82) is 0 Å². The molecule has 4 nitrogen and oxygen atoms in total. The van der Waals surface area contributed by atoms with Crippen molar-refractivity contribution >= 4 is 9.84 Å². The number of nitrogens with zero attached hydrogens (tertiary/aromatic N) is 1. The van der Waals surface area contributed by atoms with E-state index in [1.54, 1.807) is 0 Å². The van der Waals surface area contributed by atoms with Crippen molar-refractivity contribution in [2.75, 3.05) is 25.9 Å². The smallest absolute Gasteiger partial charge is 0.150 e. The number of sulfone groups is 1. The Labute approximate surface area is 130 Å². The summed E-state index contributed by atoms with van der Waals surface area (Å²) in [5.74, 6) is 0.771. The molecule has 0 aromatic carbocycles. The molecule has 0 radical (unpaired) electrons. The molecule has 2 aliphatic rings. The van der Waals surface area contributed by atoms with E-state index in [1.165, 1.54) is 19.1 Å². The van der Waals surface area contributed by atoms with E-state index < -0.39 is 9.84 Å². The monoisotopic (exact) mass is 316 g/mol. The summed E-state index contributed by atoms with van der Waals surface area (Å²) >= 11 is 0. The Balaban J connectivity index is 1.99. The highest BCUT2D eigenvalue weighted by Crippen LogP contribution is 2.29. The van der Waals surface area contributed by atoms with Gasteiger partial charge in [0.15, 0.2) is 0 Å². The van der Waals surface area contributed by atoms with Gasteiger partial charge in [0.2, 0.25) is 0 Å². The Bertz CT molecular complexity index is 416. The van der Waals surface area contributed by atoms with Crippen molar-refractivity contribution in [3.63, 3.8) is 0 Å². The second kappa shape index (κ2) is 7.42. The van der Waals surface area contributed by atoms with E-state index in [0.717, 1.165) is 51.2 Å². The Morgan fingerprint density at radius 1 is 1.14 bits per heavy atom. The molecular weight excluding hydrogens is 284 g/mol. The highest BCUT2D eigenvalue weighted by molar-refractivity contribution is 7.91. The summed E-state index contributed by atoms with van der Waals surface area (Å²) < 4.78 is 23.8. The Morgan fingerprint density at radius 2 is 1.81 bits per heavy atom. The predicted molar refractivity (Wildman–Crippen MR) is 88.3 cm³/mol. The first kappa shape index (κ1) is 17.2. The van der Waals surface area contributed by atoms with Gasteiger partial charge in [-0.25, -0.2) is 8.42 Å². The van der Waals surface area contributed by atoms with Crippen LogP contribution in [0.3, 0.4) is 0 Å². The minimum Gasteiger partial charge on any atom is -0.317 e. The zero-order valence-electron chi connectivity index (χ0n) is 13.8. The van der Waals surface area contributed by atoms with Crippen molar-refractivity contribution in [2.24, 2.45) is 5.92 Å². The third-order valence-electron chi connectivity index (χ3n) is 5.26. The van der Waals surface area contributed by atoms with E-state index in [2.05, 4.69) is 24.1 Å². The predicted octanol–water partition coefficient (Wildman–Crippen LogP) is 2.05. The van der Waals surface area contributed by atoms with Gasteiger partial charge >= 0.3 is 0 Å². The van der Waals surface area contributed by atoms with Crippen LogP contribution in [0.2, 0.25) is 0 Å². The molecule has 0 aromatic heterocycles. The van der Waals surface area contributed by atoms with Gasteiger partial charge in [0.1, 0.15) is 9.84 Å².